The van der Waals surface area contributed by atoms with E-state index in [1.165, 1.54) is 5.56 Å². The van der Waals surface area contributed by atoms with Crippen molar-refractivity contribution in [2.45, 2.75) is 47.0 Å². The minimum Gasteiger partial charge on any atom is -0.441 e. The third-order valence-corrected chi connectivity index (χ3v) is 4.21. The summed E-state index contributed by atoms with van der Waals surface area (Å²) in [4.78, 5) is 16.6. The van der Waals surface area contributed by atoms with Gasteiger partial charge in [0.05, 0.1) is 5.69 Å². The average Bonchev–Trinajstić information content (AvgIpc) is 2.90. The van der Waals surface area contributed by atoms with Crippen LogP contribution in [0.4, 0.5) is 0 Å². The van der Waals surface area contributed by atoms with Gasteiger partial charge in [-0.25, -0.2) is 4.98 Å². The fourth-order valence-electron chi connectivity index (χ4n) is 2.59. The standard InChI is InChI=1S/C19H26N2O2/c1-5-15(6-2)18(22)20-12-11-17-14(4)23-19(21-17)16-9-7-13(3)8-10-16/h7-10,15H,5-6,11-12H2,1-4H3,(H,20,22). The van der Waals surface area contributed by atoms with Gasteiger partial charge in [-0.05, 0) is 38.8 Å². The molecule has 1 N–H and O–H groups in total. The van der Waals surface area contributed by atoms with Crippen LogP contribution >= 0.6 is 0 Å². The molecule has 1 aromatic carbocycles. The Balaban J connectivity index is 1.96. The van der Waals surface area contributed by atoms with E-state index < -0.39 is 0 Å². The number of oxazole rings is 1. The van der Waals surface area contributed by atoms with Crippen LogP contribution in [0.25, 0.3) is 11.5 Å². The Morgan fingerprint density at radius 3 is 2.43 bits per heavy atom. The number of carbonyl (C=O) groups is 1. The molecular formula is C19H26N2O2. The highest BCUT2D eigenvalue weighted by Crippen LogP contribution is 2.22. The maximum atomic E-state index is 12.0. The third kappa shape index (κ3) is 4.44. The number of rotatable bonds is 7. The van der Waals surface area contributed by atoms with E-state index in [0.29, 0.717) is 18.9 Å². The van der Waals surface area contributed by atoms with Crippen molar-refractivity contribution in [3.63, 3.8) is 0 Å². The first-order chi connectivity index (χ1) is 11.0. The first-order valence-corrected chi connectivity index (χ1v) is 8.36. The SMILES string of the molecule is CCC(CC)C(=O)NCCc1nc(-c2ccc(C)cc2)oc1C. The molecule has 4 heteroatoms. The summed E-state index contributed by atoms with van der Waals surface area (Å²) in [6.07, 6.45) is 2.44. The van der Waals surface area contributed by atoms with Crippen LogP contribution in [0.1, 0.15) is 43.7 Å². The molecule has 4 nitrogen and oxygen atoms in total. The zero-order valence-corrected chi connectivity index (χ0v) is 14.5. The molecule has 1 amide bonds. The van der Waals surface area contributed by atoms with Gasteiger partial charge in [-0.15, -0.1) is 0 Å². The molecule has 0 aliphatic carbocycles. The molecule has 0 fully saturated rings. The van der Waals surface area contributed by atoms with Crippen LogP contribution < -0.4 is 5.32 Å². The predicted octanol–water partition coefficient (Wildman–Crippen LogP) is 4.05. The van der Waals surface area contributed by atoms with Crippen LogP contribution in [0, 0.1) is 19.8 Å². The van der Waals surface area contributed by atoms with Gasteiger partial charge in [0, 0.05) is 24.4 Å². The first-order valence-electron chi connectivity index (χ1n) is 8.36. The summed E-state index contributed by atoms with van der Waals surface area (Å²) in [6, 6.07) is 8.12. The summed E-state index contributed by atoms with van der Waals surface area (Å²) < 4.78 is 5.76. The van der Waals surface area contributed by atoms with Gasteiger partial charge >= 0.3 is 0 Å². The molecule has 2 rings (SSSR count). The van der Waals surface area contributed by atoms with Gasteiger partial charge in [-0.2, -0.15) is 0 Å². The van der Waals surface area contributed by atoms with Crippen molar-refractivity contribution in [3.8, 4) is 11.5 Å². The van der Waals surface area contributed by atoms with Crippen LogP contribution in [0.15, 0.2) is 28.7 Å². The van der Waals surface area contributed by atoms with E-state index in [9.17, 15) is 4.79 Å². The maximum Gasteiger partial charge on any atom is 0.226 e. The van der Waals surface area contributed by atoms with Gasteiger partial charge < -0.3 is 9.73 Å². The van der Waals surface area contributed by atoms with E-state index in [4.69, 9.17) is 4.42 Å². The third-order valence-electron chi connectivity index (χ3n) is 4.21. The Labute approximate surface area is 138 Å². The van der Waals surface area contributed by atoms with Crippen LogP contribution in [-0.2, 0) is 11.2 Å². The zero-order valence-electron chi connectivity index (χ0n) is 14.5. The lowest BCUT2D eigenvalue weighted by Crippen LogP contribution is -2.31. The molecule has 0 radical (unpaired) electrons. The second-order valence-corrected chi connectivity index (χ2v) is 5.94. The lowest BCUT2D eigenvalue weighted by Gasteiger charge is -2.12. The molecule has 0 saturated carbocycles. The molecule has 0 atom stereocenters. The molecule has 0 aliphatic heterocycles. The molecule has 23 heavy (non-hydrogen) atoms. The topological polar surface area (TPSA) is 55.1 Å². The van der Waals surface area contributed by atoms with E-state index in [-0.39, 0.29) is 11.8 Å². The van der Waals surface area contributed by atoms with Crippen molar-refractivity contribution < 1.29 is 9.21 Å². The maximum absolute atomic E-state index is 12.0. The number of nitrogens with one attached hydrogen (secondary N) is 1. The molecular weight excluding hydrogens is 288 g/mol. The molecule has 0 unspecified atom stereocenters. The van der Waals surface area contributed by atoms with Crippen molar-refractivity contribution in [1.29, 1.82) is 0 Å². The van der Waals surface area contributed by atoms with Crippen LogP contribution in [0.3, 0.4) is 0 Å². The zero-order chi connectivity index (χ0) is 16.8. The Morgan fingerprint density at radius 1 is 1.17 bits per heavy atom. The molecule has 1 aromatic heterocycles. The number of nitrogens with zero attached hydrogens (tertiary/aromatic N) is 1. The number of hydrogen-bond acceptors (Lipinski definition) is 3. The van der Waals surface area contributed by atoms with Crippen LogP contribution in [0.2, 0.25) is 0 Å². The Morgan fingerprint density at radius 2 is 1.83 bits per heavy atom. The quantitative estimate of drug-likeness (QED) is 0.838. The predicted molar refractivity (Wildman–Crippen MR) is 92.2 cm³/mol. The van der Waals surface area contributed by atoms with Gasteiger partial charge in [0.1, 0.15) is 5.76 Å². The Bertz CT molecular complexity index is 640. The number of amides is 1. The van der Waals surface area contributed by atoms with E-state index in [1.807, 2.05) is 45.0 Å². The van der Waals surface area contributed by atoms with Crippen molar-refractivity contribution in [1.82, 2.24) is 10.3 Å². The smallest absolute Gasteiger partial charge is 0.226 e. The first kappa shape index (κ1) is 17.3. The normalized spacial score (nSPS) is 11.0. The summed E-state index contributed by atoms with van der Waals surface area (Å²) in [7, 11) is 0. The van der Waals surface area contributed by atoms with Crippen LogP contribution in [-0.4, -0.2) is 17.4 Å². The average molecular weight is 314 g/mol. The molecule has 0 saturated heterocycles. The number of hydrogen-bond donors (Lipinski definition) is 1. The summed E-state index contributed by atoms with van der Waals surface area (Å²) in [5, 5.41) is 3.00. The van der Waals surface area contributed by atoms with Crippen molar-refractivity contribution in [3.05, 3.63) is 41.3 Å². The fourth-order valence-corrected chi connectivity index (χ4v) is 2.59. The second-order valence-electron chi connectivity index (χ2n) is 5.94. The van der Waals surface area contributed by atoms with E-state index >= 15 is 0 Å². The van der Waals surface area contributed by atoms with E-state index in [0.717, 1.165) is 29.9 Å². The summed E-state index contributed by atoms with van der Waals surface area (Å²) >= 11 is 0. The molecule has 124 valence electrons. The van der Waals surface area contributed by atoms with Crippen LogP contribution in [0.5, 0.6) is 0 Å². The van der Waals surface area contributed by atoms with Crippen molar-refractivity contribution in [2.24, 2.45) is 5.92 Å². The van der Waals surface area contributed by atoms with E-state index in [1.54, 1.807) is 0 Å². The monoisotopic (exact) mass is 314 g/mol. The number of benzene rings is 1. The molecule has 1 heterocycles. The van der Waals surface area contributed by atoms with Crippen molar-refractivity contribution in [2.75, 3.05) is 6.54 Å². The van der Waals surface area contributed by atoms with Gasteiger partial charge in [0.25, 0.3) is 0 Å². The molecule has 0 aliphatic rings. The Hall–Kier alpha value is -2.10. The highest BCUT2D eigenvalue weighted by atomic mass is 16.4. The van der Waals surface area contributed by atoms with Gasteiger partial charge in [0.2, 0.25) is 11.8 Å². The highest BCUT2D eigenvalue weighted by molar-refractivity contribution is 5.78. The largest absolute Gasteiger partial charge is 0.441 e. The number of aromatic nitrogens is 1. The minimum atomic E-state index is 0.108. The summed E-state index contributed by atoms with van der Waals surface area (Å²) in [6.45, 7) is 8.66. The highest BCUT2D eigenvalue weighted by Gasteiger charge is 2.15. The lowest BCUT2D eigenvalue weighted by atomic mass is 10.0. The lowest BCUT2D eigenvalue weighted by molar-refractivity contribution is -0.125. The second kappa shape index (κ2) is 7.95. The van der Waals surface area contributed by atoms with Gasteiger partial charge in [-0.1, -0.05) is 31.5 Å². The van der Waals surface area contributed by atoms with Gasteiger partial charge in [0.15, 0.2) is 0 Å². The minimum absolute atomic E-state index is 0.108. The Kier molecular flexibility index (Phi) is 5.97. The number of carbonyl (C=O) groups excluding carboxylic acids is 1. The van der Waals surface area contributed by atoms with E-state index in [2.05, 4.69) is 17.2 Å². The number of aryl methyl sites for hydroxylation is 2. The fraction of sp³-hybridized carbons (Fsp3) is 0.474. The summed E-state index contributed by atoms with van der Waals surface area (Å²) in [5.41, 5.74) is 3.10. The summed E-state index contributed by atoms with van der Waals surface area (Å²) in [5.74, 6) is 1.70. The molecule has 0 bridgehead atoms. The van der Waals surface area contributed by atoms with Gasteiger partial charge in [-0.3, -0.25) is 4.79 Å². The van der Waals surface area contributed by atoms with Crippen molar-refractivity contribution >= 4 is 5.91 Å². The molecule has 2 aromatic rings. The molecule has 0 spiro atoms.